The fourth-order valence-corrected chi connectivity index (χ4v) is 8.43. The van der Waals surface area contributed by atoms with E-state index in [1.165, 1.54) is 0 Å². The number of hydrogen-bond donors (Lipinski definition) is 0. The summed E-state index contributed by atoms with van der Waals surface area (Å²) in [5.41, 5.74) is 2.09. The SMILES string of the molecule is CC[C@H]1CC[C@H](c2ccccc2)S(=O)(=O)N1Cc1ccc(N2C[C@@H]3[C@H](C2)[C@H]3n2cnnc2)cc1F. The van der Waals surface area contributed by atoms with E-state index in [1.54, 1.807) is 29.1 Å². The average Bonchev–Trinajstić information content (AvgIpc) is 3.24. The van der Waals surface area contributed by atoms with Crippen LogP contribution >= 0.6 is 0 Å². The molecule has 2 aliphatic heterocycles. The summed E-state index contributed by atoms with van der Waals surface area (Å²) in [6.07, 6.45) is 5.62. The zero-order valence-corrected chi connectivity index (χ0v) is 20.6. The maximum atomic E-state index is 15.3. The van der Waals surface area contributed by atoms with Crippen molar-refractivity contribution in [3.8, 4) is 0 Å². The number of anilines is 1. The lowest BCUT2D eigenvalue weighted by atomic mass is 10.0. The van der Waals surface area contributed by atoms with Gasteiger partial charge in [0.05, 0.1) is 0 Å². The topological polar surface area (TPSA) is 71.3 Å². The fraction of sp³-hybridized carbons (Fsp3) is 0.462. The largest absolute Gasteiger partial charge is 0.371 e. The molecule has 35 heavy (non-hydrogen) atoms. The first-order chi connectivity index (χ1) is 17.0. The molecule has 0 N–H and O–H groups in total. The van der Waals surface area contributed by atoms with Crippen molar-refractivity contribution in [1.82, 2.24) is 19.1 Å². The Morgan fingerprint density at radius 3 is 2.37 bits per heavy atom. The number of aromatic nitrogens is 3. The second-order valence-corrected chi connectivity index (χ2v) is 12.1. The van der Waals surface area contributed by atoms with Gasteiger partial charge in [-0.1, -0.05) is 43.3 Å². The molecule has 3 fully saturated rings. The molecule has 0 radical (unpaired) electrons. The molecule has 184 valence electrons. The minimum Gasteiger partial charge on any atom is -0.371 e. The Balaban J connectivity index is 1.19. The van der Waals surface area contributed by atoms with Gasteiger partial charge in [0.2, 0.25) is 10.0 Å². The number of fused-ring (bicyclic) bond motifs is 1. The van der Waals surface area contributed by atoms with Gasteiger partial charge in [0.15, 0.2) is 0 Å². The summed E-state index contributed by atoms with van der Waals surface area (Å²) in [7, 11) is -3.60. The van der Waals surface area contributed by atoms with Gasteiger partial charge in [-0.05, 0) is 37.0 Å². The number of halogens is 1. The van der Waals surface area contributed by atoms with Gasteiger partial charge in [-0.15, -0.1) is 10.2 Å². The van der Waals surface area contributed by atoms with Crippen molar-refractivity contribution >= 4 is 15.7 Å². The molecule has 1 aliphatic carbocycles. The van der Waals surface area contributed by atoms with Crippen molar-refractivity contribution in [3.05, 3.63) is 78.1 Å². The van der Waals surface area contributed by atoms with Crippen molar-refractivity contribution in [2.24, 2.45) is 11.8 Å². The maximum absolute atomic E-state index is 15.3. The Morgan fingerprint density at radius 1 is 1.00 bits per heavy atom. The van der Waals surface area contributed by atoms with Crippen LogP contribution in [0, 0.1) is 17.7 Å². The molecular formula is C26H30FN5O2S. The molecule has 6 rings (SSSR count). The average molecular weight is 496 g/mol. The smallest absolute Gasteiger partial charge is 0.221 e. The lowest BCUT2D eigenvalue weighted by Crippen LogP contribution is -2.46. The van der Waals surface area contributed by atoms with E-state index in [0.29, 0.717) is 36.3 Å². The van der Waals surface area contributed by atoms with Crippen molar-refractivity contribution in [1.29, 1.82) is 0 Å². The van der Waals surface area contributed by atoms with Crippen molar-refractivity contribution in [2.75, 3.05) is 18.0 Å². The summed E-state index contributed by atoms with van der Waals surface area (Å²) in [4.78, 5) is 2.22. The van der Waals surface area contributed by atoms with Gasteiger partial charge >= 0.3 is 0 Å². The molecule has 3 heterocycles. The number of piperidine rings is 1. The number of rotatable bonds is 6. The molecular weight excluding hydrogens is 465 g/mol. The lowest BCUT2D eigenvalue weighted by molar-refractivity contribution is 0.257. The Hall–Kier alpha value is -2.78. The normalized spacial score (nSPS) is 29.8. The van der Waals surface area contributed by atoms with Gasteiger partial charge in [0, 0.05) is 54.8 Å². The van der Waals surface area contributed by atoms with Gasteiger partial charge in [-0.2, -0.15) is 4.31 Å². The summed E-state index contributed by atoms with van der Waals surface area (Å²) in [6.45, 7) is 3.82. The first kappa shape index (κ1) is 22.7. The van der Waals surface area contributed by atoms with Crippen molar-refractivity contribution in [2.45, 2.75) is 50.1 Å². The highest BCUT2D eigenvalue weighted by Gasteiger charge is 2.57. The summed E-state index contributed by atoms with van der Waals surface area (Å²) in [5.74, 6) is 0.727. The highest BCUT2D eigenvalue weighted by molar-refractivity contribution is 7.89. The second-order valence-electron chi connectivity index (χ2n) is 10.0. The zero-order chi connectivity index (χ0) is 24.2. The van der Waals surface area contributed by atoms with Gasteiger partial charge in [0.25, 0.3) is 0 Å². The molecule has 3 aliphatic rings. The van der Waals surface area contributed by atoms with E-state index in [4.69, 9.17) is 0 Å². The number of benzene rings is 2. The van der Waals surface area contributed by atoms with Crippen LogP contribution in [0.25, 0.3) is 0 Å². The third-order valence-electron chi connectivity index (χ3n) is 8.16. The molecule has 9 heteroatoms. The standard InChI is InChI=1S/C26H30FN5O2S/c1-2-20-10-11-25(18-6-4-3-5-7-18)35(33,34)32(20)13-19-8-9-21(12-24(19)27)30-14-22-23(15-30)26(22)31-16-28-29-17-31/h3-9,12,16-17,20,22-23,25-26H,2,10-11,13-15H2,1H3/t20-,22-,23+,25+,26+/m0/s1. The lowest BCUT2D eigenvalue weighted by Gasteiger charge is -2.39. The summed E-state index contributed by atoms with van der Waals surface area (Å²) >= 11 is 0. The van der Waals surface area contributed by atoms with E-state index in [2.05, 4.69) is 19.7 Å². The van der Waals surface area contributed by atoms with E-state index in [1.807, 2.05) is 43.3 Å². The molecule has 7 nitrogen and oxygen atoms in total. The first-order valence-electron chi connectivity index (χ1n) is 12.4. The molecule has 2 saturated heterocycles. The third-order valence-corrected chi connectivity index (χ3v) is 10.5. The maximum Gasteiger partial charge on any atom is 0.221 e. The molecule has 1 saturated carbocycles. The third kappa shape index (κ3) is 3.94. The minimum atomic E-state index is -3.60. The fourth-order valence-electron chi connectivity index (χ4n) is 6.18. The zero-order valence-electron chi connectivity index (χ0n) is 19.7. The van der Waals surface area contributed by atoms with E-state index < -0.39 is 15.3 Å². The van der Waals surface area contributed by atoms with Crippen LogP contribution in [0.1, 0.15) is 48.6 Å². The summed E-state index contributed by atoms with van der Waals surface area (Å²) < 4.78 is 46.2. The number of sulfonamides is 1. The van der Waals surface area contributed by atoms with Crippen LogP contribution in [-0.2, 0) is 16.6 Å². The summed E-state index contributed by atoms with van der Waals surface area (Å²) in [5, 5.41) is 7.23. The van der Waals surface area contributed by atoms with E-state index in [-0.39, 0.29) is 18.4 Å². The molecule has 3 aromatic rings. The molecule has 1 aromatic heterocycles. The highest BCUT2D eigenvalue weighted by Crippen LogP contribution is 2.55. The van der Waals surface area contributed by atoms with Gasteiger partial charge in [-0.3, -0.25) is 0 Å². The first-order valence-corrected chi connectivity index (χ1v) is 13.9. The van der Waals surface area contributed by atoms with Crippen LogP contribution in [0.3, 0.4) is 0 Å². The van der Waals surface area contributed by atoms with Crippen LogP contribution in [0.5, 0.6) is 0 Å². The Bertz CT molecular complexity index is 1290. The van der Waals surface area contributed by atoms with Crippen LogP contribution in [-0.4, -0.2) is 46.6 Å². The van der Waals surface area contributed by atoms with Crippen LogP contribution in [0.15, 0.2) is 61.2 Å². The van der Waals surface area contributed by atoms with Gasteiger partial charge < -0.3 is 9.47 Å². The van der Waals surface area contributed by atoms with Gasteiger partial charge in [-0.25, -0.2) is 12.8 Å². The second kappa shape index (κ2) is 8.71. The summed E-state index contributed by atoms with van der Waals surface area (Å²) in [6, 6.07) is 15.0. The van der Waals surface area contributed by atoms with Crippen LogP contribution in [0.4, 0.5) is 10.1 Å². The molecule has 2 aromatic carbocycles. The molecule has 0 unspecified atom stereocenters. The molecule has 0 spiro atoms. The predicted molar refractivity (Wildman–Crippen MR) is 132 cm³/mol. The number of hydrogen-bond acceptors (Lipinski definition) is 5. The minimum absolute atomic E-state index is 0.0667. The monoisotopic (exact) mass is 495 g/mol. The van der Waals surface area contributed by atoms with Crippen molar-refractivity contribution in [3.63, 3.8) is 0 Å². The molecule has 0 amide bonds. The Morgan fingerprint density at radius 2 is 1.71 bits per heavy atom. The van der Waals surface area contributed by atoms with Gasteiger partial charge in [0.1, 0.15) is 23.7 Å². The molecule has 5 atom stereocenters. The van der Waals surface area contributed by atoms with Crippen LogP contribution in [0.2, 0.25) is 0 Å². The quantitative estimate of drug-likeness (QED) is 0.513. The Kier molecular flexibility index (Phi) is 5.64. The van der Waals surface area contributed by atoms with Crippen molar-refractivity contribution < 1.29 is 12.8 Å². The molecule has 0 bridgehead atoms. The highest BCUT2D eigenvalue weighted by atomic mass is 32.2. The van der Waals surface area contributed by atoms with E-state index >= 15 is 4.39 Å². The Labute approximate surface area is 205 Å². The van der Waals surface area contributed by atoms with E-state index in [0.717, 1.165) is 30.8 Å². The van der Waals surface area contributed by atoms with E-state index in [9.17, 15) is 8.42 Å². The predicted octanol–water partition coefficient (Wildman–Crippen LogP) is 4.17. The number of nitrogens with zero attached hydrogens (tertiary/aromatic N) is 5. The van der Waals surface area contributed by atoms with Crippen LogP contribution < -0.4 is 4.90 Å².